The van der Waals surface area contributed by atoms with E-state index in [0.29, 0.717) is 36.1 Å². The van der Waals surface area contributed by atoms with Crippen molar-refractivity contribution in [3.05, 3.63) is 140 Å². The van der Waals surface area contributed by atoms with Gasteiger partial charge in [-0.05, 0) is 53.3 Å². The average Bonchev–Trinajstić information content (AvgIpc) is 3.85. The molecule has 0 radical (unpaired) electrons. The molecule has 2 bridgehead atoms. The smallest absolute Gasteiger partial charge is 0.313 e. The number of esters is 1. The molecular weight excluding hydrogens is 682 g/mol. The molecule has 7 rings (SSSR count). The summed E-state index contributed by atoms with van der Waals surface area (Å²) in [5.74, 6) is -3.75. The number of nitrogens with one attached hydrogen (secondary N) is 1. The van der Waals surface area contributed by atoms with Crippen molar-refractivity contribution in [2.24, 2.45) is 11.8 Å². The predicted octanol–water partition coefficient (Wildman–Crippen LogP) is 5.83. The monoisotopic (exact) mass is 727 g/mol. The average molecular weight is 728 g/mol. The van der Waals surface area contributed by atoms with Gasteiger partial charge < -0.3 is 29.7 Å². The SMILES string of the molecule is C=CCCC(=O)NC[C@H](OC(=O)[C@@H]1[C@H]2C(=O)N([C@H](CO)c3ccccc3)[C@H](C(=O)N(CC=C)c3ccc4ccccc4c3)[C@]23CC[C@H]1O3)c1ccccc1. The van der Waals surface area contributed by atoms with Crippen molar-refractivity contribution in [1.29, 1.82) is 0 Å². The van der Waals surface area contributed by atoms with Crippen LogP contribution in [0.5, 0.6) is 0 Å². The van der Waals surface area contributed by atoms with E-state index in [1.165, 1.54) is 4.90 Å². The van der Waals surface area contributed by atoms with E-state index in [1.807, 2.05) is 103 Å². The lowest BCUT2D eigenvalue weighted by molar-refractivity contribution is -0.161. The fraction of sp³-hybridized carbons (Fsp3) is 0.318. The van der Waals surface area contributed by atoms with Crippen molar-refractivity contribution in [2.75, 3.05) is 24.6 Å². The molecule has 3 aliphatic rings. The molecular formula is C44H45N3O7. The Balaban J connectivity index is 1.26. The van der Waals surface area contributed by atoms with Crippen LogP contribution in [0.25, 0.3) is 10.8 Å². The van der Waals surface area contributed by atoms with Gasteiger partial charge in [0.25, 0.3) is 5.91 Å². The van der Waals surface area contributed by atoms with Crippen LogP contribution < -0.4 is 10.2 Å². The fourth-order valence-corrected chi connectivity index (χ4v) is 8.59. The van der Waals surface area contributed by atoms with Crippen molar-refractivity contribution in [3.63, 3.8) is 0 Å². The number of amides is 3. The molecule has 0 unspecified atom stereocenters. The molecule has 1 spiro atoms. The van der Waals surface area contributed by atoms with Crippen LogP contribution in [0.2, 0.25) is 0 Å². The highest BCUT2D eigenvalue weighted by Crippen LogP contribution is 2.60. The van der Waals surface area contributed by atoms with Crippen molar-refractivity contribution in [2.45, 2.75) is 55.6 Å². The minimum atomic E-state index is -1.36. The summed E-state index contributed by atoms with van der Waals surface area (Å²) in [5, 5.41) is 15.8. The molecule has 4 aromatic carbocycles. The largest absolute Gasteiger partial charge is 0.455 e. The first-order valence-corrected chi connectivity index (χ1v) is 18.5. The second-order valence-corrected chi connectivity index (χ2v) is 14.1. The van der Waals surface area contributed by atoms with Crippen molar-refractivity contribution in [1.82, 2.24) is 10.2 Å². The number of carbonyl (C=O) groups is 4. The second kappa shape index (κ2) is 15.8. The zero-order chi connectivity index (χ0) is 37.8. The maximum Gasteiger partial charge on any atom is 0.313 e. The van der Waals surface area contributed by atoms with E-state index in [0.717, 1.165) is 10.8 Å². The van der Waals surface area contributed by atoms with E-state index in [9.17, 15) is 14.7 Å². The van der Waals surface area contributed by atoms with Crippen LogP contribution in [-0.4, -0.2) is 71.1 Å². The Kier molecular flexibility index (Phi) is 10.8. The first-order chi connectivity index (χ1) is 26.3. The standard InChI is InChI=1S/C44H45N3O7/c1-3-5-20-37(49)45-27-36(31-17-10-7-11-18-31)53-43(52)38-35-23-24-44(54-35)39(38)41(50)47(34(28-48)30-15-8-6-9-16-30)40(44)42(51)46(25-4-2)33-22-21-29-14-12-13-19-32(29)26-33/h3-4,6-19,21-22,26,34-36,38-40,48H,1-2,5,20,23-25,27-28H2,(H,45,49)/t34-,35-,36+,38+,39+,40-,44+/m1/s1. The Bertz CT molecular complexity index is 2040. The van der Waals surface area contributed by atoms with E-state index in [-0.39, 0.29) is 25.4 Å². The molecule has 0 aliphatic carbocycles. The fourth-order valence-electron chi connectivity index (χ4n) is 8.59. The third-order valence-corrected chi connectivity index (χ3v) is 11.0. The van der Waals surface area contributed by atoms with Crippen LogP contribution in [0.15, 0.2) is 128 Å². The van der Waals surface area contributed by atoms with Gasteiger partial charge in [-0.3, -0.25) is 19.2 Å². The molecule has 4 aromatic rings. The van der Waals surface area contributed by atoms with Gasteiger partial charge in [-0.2, -0.15) is 0 Å². The van der Waals surface area contributed by atoms with E-state index >= 15 is 9.59 Å². The summed E-state index contributed by atoms with van der Waals surface area (Å²) in [6.07, 6.45) is 3.34. The number of hydrogen-bond acceptors (Lipinski definition) is 7. The number of fused-ring (bicyclic) bond motifs is 2. The number of benzene rings is 4. The summed E-state index contributed by atoms with van der Waals surface area (Å²) in [7, 11) is 0. The van der Waals surface area contributed by atoms with Gasteiger partial charge in [0.15, 0.2) is 0 Å². The third kappa shape index (κ3) is 6.71. The number of nitrogens with zero attached hydrogens (tertiary/aromatic N) is 2. The van der Waals surface area contributed by atoms with E-state index in [2.05, 4.69) is 18.5 Å². The third-order valence-electron chi connectivity index (χ3n) is 11.0. The van der Waals surface area contributed by atoms with Crippen LogP contribution in [0.3, 0.4) is 0 Å². The summed E-state index contributed by atoms with van der Waals surface area (Å²) in [4.78, 5) is 60.3. The summed E-state index contributed by atoms with van der Waals surface area (Å²) < 4.78 is 12.9. The summed E-state index contributed by atoms with van der Waals surface area (Å²) >= 11 is 0. The Labute approximate surface area is 315 Å². The molecule has 3 amide bonds. The molecule has 3 fully saturated rings. The molecule has 54 heavy (non-hydrogen) atoms. The minimum absolute atomic E-state index is 0.0316. The van der Waals surface area contributed by atoms with Gasteiger partial charge in [-0.15, -0.1) is 13.2 Å². The Morgan fingerprint density at radius 2 is 1.63 bits per heavy atom. The molecule has 3 heterocycles. The molecule has 3 saturated heterocycles. The van der Waals surface area contributed by atoms with Gasteiger partial charge in [0.05, 0.1) is 37.1 Å². The predicted molar refractivity (Wildman–Crippen MR) is 205 cm³/mol. The number of anilines is 1. The molecule has 3 aliphatic heterocycles. The molecule has 278 valence electrons. The lowest BCUT2D eigenvalue weighted by Gasteiger charge is -2.39. The van der Waals surface area contributed by atoms with Crippen LogP contribution in [0, 0.1) is 11.8 Å². The van der Waals surface area contributed by atoms with Gasteiger partial charge in [-0.25, -0.2) is 0 Å². The number of carbonyl (C=O) groups excluding carboxylic acids is 4. The highest BCUT2D eigenvalue weighted by Gasteiger charge is 2.76. The number of ether oxygens (including phenoxy) is 2. The number of hydrogen-bond donors (Lipinski definition) is 2. The van der Waals surface area contributed by atoms with Crippen molar-refractivity contribution in [3.8, 4) is 0 Å². The van der Waals surface area contributed by atoms with Gasteiger partial charge in [0.2, 0.25) is 11.8 Å². The van der Waals surface area contributed by atoms with E-state index < -0.39 is 66.1 Å². The molecule has 7 atom stereocenters. The first kappa shape index (κ1) is 36.8. The van der Waals surface area contributed by atoms with E-state index in [4.69, 9.17) is 9.47 Å². The van der Waals surface area contributed by atoms with Crippen molar-refractivity contribution < 1.29 is 33.8 Å². The summed E-state index contributed by atoms with van der Waals surface area (Å²) in [6.45, 7) is 7.33. The highest BCUT2D eigenvalue weighted by molar-refractivity contribution is 6.05. The molecule has 0 aromatic heterocycles. The number of likely N-dealkylation sites (tertiary alicyclic amines) is 1. The van der Waals surface area contributed by atoms with Crippen LogP contribution in [-0.2, 0) is 28.7 Å². The topological polar surface area (TPSA) is 125 Å². The second-order valence-electron chi connectivity index (χ2n) is 14.1. The molecule has 10 nitrogen and oxygen atoms in total. The van der Waals surface area contributed by atoms with Crippen molar-refractivity contribution >= 4 is 40.2 Å². The highest BCUT2D eigenvalue weighted by atomic mass is 16.6. The van der Waals surface area contributed by atoms with Gasteiger partial charge in [0, 0.05) is 18.7 Å². The van der Waals surface area contributed by atoms with E-state index in [1.54, 1.807) is 17.1 Å². The molecule has 10 heteroatoms. The lowest BCUT2D eigenvalue weighted by atomic mass is 9.70. The zero-order valence-electron chi connectivity index (χ0n) is 30.1. The van der Waals surface area contributed by atoms with Gasteiger partial charge in [0.1, 0.15) is 17.7 Å². The number of allylic oxidation sites excluding steroid dienone is 1. The van der Waals surface area contributed by atoms with Crippen LogP contribution in [0.1, 0.15) is 49.0 Å². The lowest BCUT2D eigenvalue weighted by Crippen LogP contribution is -2.57. The van der Waals surface area contributed by atoms with Gasteiger partial charge >= 0.3 is 5.97 Å². The Morgan fingerprint density at radius 1 is 0.944 bits per heavy atom. The summed E-state index contributed by atoms with van der Waals surface area (Å²) in [6, 6.07) is 29.7. The summed E-state index contributed by atoms with van der Waals surface area (Å²) in [5.41, 5.74) is 0.590. The Morgan fingerprint density at radius 3 is 2.31 bits per heavy atom. The zero-order valence-corrected chi connectivity index (χ0v) is 30.1. The normalized spacial score (nSPS) is 23.7. The molecule has 2 N–H and O–H groups in total. The molecule has 0 saturated carbocycles. The number of rotatable bonds is 15. The quantitative estimate of drug-likeness (QED) is 0.117. The first-order valence-electron chi connectivity index (χ1n) is 18.5. The maximum atomic E-state index is 15.2. The Hall–Kier alpha value is -5.58. The minimum Gasteiger partial charge on any atom is -0.455 e. The number of aliphatic hydroxyl groups is 1. The van der Waals surface area contributed by atoms with Crippen LogP contribution >= 0.6 is 0 Å². The number of aliphatic hydroxyl groups excluding tert-OH is 1. The maximum absolute atomic E-state index is 15.2. The van der Waals surface area contributed by atoms with Crippen LogP contribution in [0.4, 0.5) is 5.69 Å². The van der Waals surface area contributed by atoms with Gasteiger partial charge in [-0.1, -0.05) is 103 Å².